The van der Waals surface area contributed by atoms with E-state index in [4.69, 9.17) is 0 Å². The van der Waals surface area contributed by atoms with Gasteiger partial charge in [0.15, 0.2) is 5.78 Å². The first-order valence-corrected chi connectivity index (χ1v) is 10.6. The van der Waals surface area contributed by atoms with E-state index in [9.17, 15) is 19.2 Å². The first-order valence-electron chi connectivity index (χ1n) is 10.6. The van der Waals surface area contributed by atoms with Crippen molar-refractivity contribution in [1.82, 2.24) is 0 Å². The van der Waals surface area contributed by atoms with Crippen LogP contribution in [0.5, 0.6) is 0 Å². The zero-order chi connectivity index (χ0) is 22.2. The molecular formula is C27H19NO4. The second-order valence-corrected chi connectivity index (χ2v) is 8.76. The topological polar surface area (TPSA) is 71.5 Å². The molecule has 156 valence electrons. The second-order valence-electron chi connectivity index (χ2n) is 8.76. The predicted molar refractivity (Wildman–Crippen MR) is 117 cm³/mol. The van der Waals surface area contributed by atoms with Crippen molar-refractivity contribution in [2.45, 2.75) is 18.3 Å². The molecule has 0 N–H and O–H groups in total. The Morgan fingerprint density at radius 2 is 1.41 bits per heavy atom. The van der Waals surface area contributed by atoms with Gasteiger partial charge in [-0.15, -0.1) is 0 Å². The molecule has 2 bridgehead atoms. The van der Waals surface area contributed by atoms with Crippen molar-refractivity contribution in [3.63, 3.8) is 0 Å². The van der Waals surface area contributed by atoms with Crippen LogP contribution in [-0.2, 0) is 19.8 Å². The fourth-order valence-corrected chi connectivity index (χ4v) is 6.13. The van der Waals surface area contributed by atoms with Gasteiger partial charge in [0.1, 0.15) is 6.29 Å². The summed E-state index contributed by atoms with van der Waals surface area (Å²) in [5.41, 5.74) is 3.24. The summed E-state index contributed by atoms with van der Waals surface area (Å²) in [6.07, 6.45) is 0.866. The molecule has 0 aromatic heterocycles. The number of benzene rings is 3. The summed E-state index contributed by atoms with van der Waals surface area (Å²) in [7, 11) is 0. The Kier molecular flexibility index (Phi) is 3.73. The summed E-state index contributed by atoms with van der Waals surface area (Å²) in [6.45, 7) is 1.47. The Labute approximate surface area is 184 Å². The number of ketones is 1. The summed E-state index contributed by atoms with van der Waals surface area (Å²) >= 11 is 0. The normalized spacial score (nSPS) is 27.0. The minimum atomic E-state index is -1.20. The largest absolute Gasteiger partial charge is 0.302 e. The van der Waals surface area contributed by atoms with E-state index < -0.39 is 17.3 Å². The molecule has 0 saturated carbocycles. The standard InChI is InChI=1S/C27H19NO4/c1-15(30)16-10-12-17(13-11-16)28-25(31)23-22-18-6-2-4-8-20(18)27(14-29,24(23)26(28)32)21-9-5-3-7-19(21)22/h2-14,22-24H,1H3/t22?,23-,24+,27?/m0/s1. The highest BCUT2D eigenvalue weighted by atomic mass is 16.2. The molecule has 1 aliphatic heterocycles. The number of Topliss-reactive ketones (excluding diaryl/α,β-unsaturated/α-hetero) is 1. The average Bonchev–Trinajstić information content (AvgIpc) is 3.10. The minimum Gasteiger partial charge on any atom is -0.302 e. The predicted octanol–water partition coefficient (Wildman–Crippen LogP) is 3.64. The number of carbonyl (C=O) groups excluding carboxylic acids is 4. The number of hydrogen-bond donors (Lipinski definition) is 0. The van der Waals surface area contributed by atoms with E-state index in [0.29, 0.717) is 11.3 Å². The monoisotopic (exact) mass is 421 g/mol. The summed E-state index contributed by atoms with van der Waals surface area (Å²) in [6, 6.07) is 21.8. The van der Waals surface area contributed by atoms with Gasteiger partial charge in [0.05, 0.1) is 22.9 Å². The second kappa shape index (κ2) is 6.33. The van der Waals surface area contributed by atoms with Gasteiger partial charge in [-0.1, -0.05) is 48.5 Å². The number of amides is 2. The third-order valence-electron chi connectivity index (χ3n) is 7.40. The SMILES string of the molecule is CC(=O)c1ccc(N2C(=O)[C@H]3C4c5ccccc5C(C=O)(c5ccccc54)[C@H]3C2=O)cc1. The van der Waals surface area contributed by atoms with Crippen molar-refractivity contribution in [2.75, 3.05) is 4.90 Å². The minimum absolute atomic E-state index is 0.0897. The highest BCUT2D eigenvalue weighted by Crippen LogP contribution is 2.63. The van der Waals surface area contributed by atoms with Crippen LogP contribution < -0.4 is 4.90 Å². The first kappa shape index (κ1) is 18.9. The molecule has 4 aliphatic rings. The van der Waals surface area contributed by atoms with Crippen LogP contribution >= 0.6 is 0 Å². The number of hydrogen-bond acceptors (Lipinski definition) is 4. The van der Waals surface area contributed by atoms with Crippen LogP contribution in [0, 0.1) is 11.8 Å². The van der Waals surface area contributed by atoms with Crippen molar-refractivity contribution in [1.29, 1.82) is 0 Å². The van der Waals surface area contributed by atoms with Crippen molar-refractivity contribution in [3.8, 4) is 0 Å². The van der Waals surface area contributed by atoms with Gasteiger partial charge in [0.25, 0.3) is 0 Å². The molecular weight excluding hydrogens is 402 g/mol. The Balaban J connectivity index is 1.58. The highest BCUT2D eigenvalue weighted by Gasteiger charge is 2.68. The lowest BCUT2D eigenvalue weighted by Gasteiger charge is -2.51. The molecule has 2 amide bonds. The third-order valence-corrected chi connectivity index (χ3v) is 7.40. The summed E-state index contributed by atoms with van der Waals surface area (Å²) in [5, 5.41) is 0. The molecule has 3 aromatic rings. The number of imide groups is 1. The van der Waals surface area contributed by atoms with E-state index in [1.165, 1.54) is 11.8 Å². The van der Waals surface area contributed by atoms with E-state index in [0.717, 1.165) is 28.5 Å². The van der Waals surface area contributed by atoms with Gasteiger partial charge in [-0.2, -0.15) is 0 Å². The van der Waals surface area contributed by atoms with Gasteiger partial charge in [-0.3, -0.25) is 14.4 Å². The van der Waals surface area contributed by atoms with Crippen LogP contribution in [0.4, 0.5) is 5.69 Å². The molecule has 1 heterocycles. The van der Waals surface area contributed by atoms with Crippen molar-refractivity contribution in [2.24, 2.45) is 11.8 Å². The Bertz CT molecular complexity index is 1290. The number of rotatable bonds is 3. The van der Waals surface area contributed by atoms with E-state index in [2.05, 4.69) is 0 Å². The highest BCUT2D eigenvalue weighted by molar-refractivity contribution is 6.25. The quantitative estimate of drug-likeness (QED) is 0.368. The molecule has 3 aliphatic carbocycles. The molecule has 5 nitrogen and oxygen atoms in total. The van der Waals surface area contributed by atoms with E-state index in [-0.39, 0.29) is 23.5 Å². The molecule has 1 saturated heterocycles. The lowest BCUT2D eigenvalue weighted by Crippen LogP contribution is -2.54. The van der Waals surface area contributed by atoms with Crippen LogP contribution in [-0.4, -0.2) is 23.9 Å². The maximum Gasteiger partial charge on any atom is 0.239 e. The molecule has 0 spiro atoms. The van der Waals surface area contributed by atoms with Gasteiger partial charge < -0.3 is 4.79 Å². The lowest BCUT2D eigenvalue weighted by atomic mass is 9.48. The Hall–Kier alpha value is -3.86. The number of nitrogens with zero attached hydrogens (tertiary/aromatic N) is 1. The van der Waals surface area contributed by atoms with E-state index in [1.807, 2.05) is 48.5 Å². The average molecular weight is 421 g/mol. The van der Waals surface area contributed by atoms with Crippen LogP contribution in [0.3, 0.4) is 0 Å². The Morgan fingerprint density at radius 1 is 0.844 bits per heavy atom. The first-order chi connectivity index (χ1) is 15.5. The van der Waals surface area contributed by atoms with Gasteiger partial charge in [0.2, 0.25) is 11.8 Å². The van der Waals surface area contributed by atoms with Crippen LogP contribution in [0.25, 0.3) is 0 Å². The van der Waals surface area contributed by atoms with Crippen LogP contribution in [0.2, 0.25) is 0 Å². The van der Waals surface area contributed by atoms with Crippen molar-refractivity contribution in [3.05, 3.63) is 101 Å². The van der Waals surface area contributed by atoms with E-state index in [1.54, 1.807) is 24.3 Å². The van der Waals surface area contributed by atoms with Gasteiger partial charge in [0, 0.05) is 11.5 Å². The molecule has 3 aromatic carbocycles. The molecule has 5 heteroatoms. The Morgan fingerprint density at radius 3 is 1.94 bits per heavy atom. The lowest BCUT2D eigenvalue weighted by molar-refractivity contribution is -0.128. The molecule has 32 heavy (non-hydrogen) atoms. The molecule has 0 unspecified atom stereocenters. The van der Waals surface area contributed by atoms with E-state index >= 15 is 0 Å². The summed E-state index contributed by atoms with van der Waals surface area (Å²) in [5.74, 6) is -2.48. The summed E-state index contributed by atoms with van der Waals surface area (Å²) < 4.78 is 0. The number of carbonyl (C=O) groups is 4. The van der Waals surface area contributed by atoms with Crippen LogP contribution in [0.1, 0.15) is 45.5 Å². The number of anilines is 1. The molecule has 1 fully saturated rings. The molecule has 7 rings (SSSR count). The molecule has 2 atom stereocenters. The van der Waals surface area contributed by atoms with Gasteiger partial charge >= 0.3 is 0 Å². The van der Waals surface area contributed by atoms with Gasteiger partial charge in [-0.05, 0) is 53.4 Å². The number of aldehydes is 1. The summed E-state index contributed by atoms with van der Waals surface area (Å²) in [4.78, 5) is 53.3. The third kappa shape index (κ3) is 2.08. The fourth-order valence-electron chi connectivity index (χ4n) is 6.13. The molecule has 0 radical (unpaired) electrons. The van der Waals surface area contributed by atoms with Crippen LogP contribution in [0.15, 0.2) is 72.8 Å². The maximum absolute atomic E-state index is 13.8. The zero-order valence-corrected chi connectivity index (χ0v) is 17.3. The van der Waals surface area contributed by atoms with Crippen molar-refractivity contribution >= 4 is 29.6 Å². The smallest absolute Gasteiger partial charge is 0.239 e. The fraction of sp³-hybridized carbons (Fsp3) is 0.185. The van der Waals surface area contributed by atoms with Gasteiger partial charge in [-0.25, -0.2) is 4.90 Å². The maximum atomic E-state index is 13.8. The van der Waals surface area contributed by atoms with Crippen molar-refractivity contribution < 1.29 is 19.2 Å². The zero-order valence-electron chi connectivity index (χ0n) is 17.3.